The van der Waals surface area contributed by atoms with Gasteiger partial charge in [-0.1, -0.05) is 12.1 Å². The van der Waals surface area contributed by atoms with Crippen LogP contribution in [0.5, 0.6) is 5.75 Å². The van der Waals surface area contributed by atoms with Gasteiger partial charge in [-0.25, -0.2) is 0 Å². The van der Waals surface area contributed by atoms with Crippen LogP contribution in [-0.4, -0.2) is 32.1 Å². The summed E-state index contributed by atoms with van der Waals surface area (Å²) in [6.07, 6.45) is 7.21. The maximum absolute atomic E-state index is 13.3. The molecule has 0 fully saturated rings. The smallest absolute Gasteiger partial charge is 0.274 e. The zero-order valence-corrected chi connectivity index (χ0v) is 21.0. The molecule has 0 saturated heterocycles. The molecule has 1 aliphatic carbocycles. The van der Waals surface area contributed by atoms with E-state index in [0.29, 0.717) is 28.4 Å². The number of pyridine rings is 1. The van der Waals surface area contributed by atoms with E-state index in [9.17, 15) is 14.7 Å². The zero-order valence-electron chi connectivity index (χ0n) is 20.1. The number of fused-ring (bicyclic) bond motifs is 1. The number of benzene rings is 1. The fourth-order valence-electron chi connectivity index (χ4n) is 4.57. The van der Waals surface area contributed by atoms with Gasteiger partial charge in [-0.05, 0) is 80.0 Å². The number of aryl methyl sites for hydroxylation is 3. The minimum Gasteiger partial charge on any atom is -0.507 e. The number of hydrogen-bond acceptors (Lipinski definition) is 6. The Bertz CT molecular complexity index is 1440. The number of nitrogens with zero attached hydrogens (tertiary/aromatic N) is 2. The van der Waals surface area contributed by atoms with Crippen LogP contribution < -0.4 is 10.6 Å². The highest BCUT2D eigenvalue weighted by Crippen LogP contribution is 2.38. The van der Waals surface area contributed by atoms with Crippen molar-refractivity contribution in [3.63, 3.8) is 0 Å². The number of aromatic hydroxyl groups is 1. The number of aromatic amines is 1. The van der Waals surface area contributed by atoms with Crippen LogP contribution >= 0.6 is 11.3 Å². The molecule has 4 N–H and O–H groups in total. The fraction of sp³-hybridized carbons (Fsp3) is 0.259. The molecule has 2 amide bonds. The van der Waals surface area contributed by atoms with Gasteiger partial charge in [-0.2, -0.15) is 5.10 Å². The molecule has 3 aromatic heterocycles. The normalized spacial score (nSPS) is 12.7. The van der Waals surface area contributed by atoms with Gasteiger partial charge in [0.05, 0.1) is 11.3 Å². The van der Waals surface area contributed by atoms with Gasteiger partial charge in [0.1, 0.15) is 16.4 Å². The van der Waals surface area contributed by atoms with Crippen molar-refractivity contribution in [2.24, 2.45) is 0 Å². The van der Waals surface area contributed by atoms with E-state index < -0.39 is 5.91 Å². The number of nitrogens with one attached hydrogen (secondary N) is 3. The largest absolute Gasteiger partial charge is 0.507 e. The molecule has 3 heterocycles. The first-order chi connectivity index (χ1) is 17.4. The van der Waals surface area contributed by atoms with Crippen LogP contribution in [0.1, 0.15) is 60.8 Å². The molecular formula is C27H27N5O3S. The summed E-state index contributed by atoms with van der Waals surface area (Å²) in [4.78, 5) is 31.7. The minimum atomic E-state index is -0.391. The molecule has 0 bridgehead atoms. The highest BCUT2D eigenvalue weighted by atomic mass is 32.1. The van der Waals surface area contributed by atoms with Crippen LogP contribution in [-0.2, 0) is 19.4 Å². The number of H-pyrrole nitrogens is 1. The van der Waals surface area contributed by atoms with E-state index in [-0.39, 0.29) is 17.4 Å². The first-order valence-corrected chi connectivity index (χ1v) is 12.7. The van der Waals surface area contributed by atoms with Crippen molar-refractivity contribution in [3.05, 3.63) is 81.1 Å². The molecule has 0 atom stereocenters. The topological polar surface area (TPSA) is 120 Å². The molecule has 0 aliphatic heterocycles. The number of carbonyl (C=O) groups excluding carboxylic acids is 2. The lowest BCUT2D eigenvalue weighted by Gasteiger charge is -2.13. The van der Waals surface area contributed by atoms with Gasteiger partial charge in [0.15, 0.2) is 0 Å². The Hall–Kier alpha value is -3.98. The molecule has 184 valence electrons. The molecule has 4 aromatic rings. The van der Waals surface area contributed by atoms with Crippen LogP contribution in [0, 0.1) is 13.8 Å². The molecule has 0 spiro atoms. The molecule has 1 aliphatic rings. The molecule has 5 rings (SSSR count). The summed E-state index contributed by atoms with van der Waals surface area (Å²) in [5.41, 5.74) is 5.48. The molecule has 36 heavy (non-hydrogen) atoms. The first kappa shape index (κ1) is 23.7. The predicted octanol–water partition coefficient (Wildman–Crippen LogP) is 4.92. The number of aromatic nitrogens is 3. The third kappa shape index (κ3) is 4.74. The molecule has 1 aromatic carbocycles. The minimum absolute atomic E-state index is 0.137. The quantitative estimate of drug-likeness (QED) is 0.299. The van der Waals surface area contributed by atoms with Crippen LogP contribution in [0.25, 0.3) is 11.3 Å². The molecule has 0 unspecified atom stereocenters. The van der Waals surface area contributed by atoms with E-state index in [4.69, 9.17) is 0 Å². The van der Waals surface area contributed by atoms with E-state index in [2.05, 4.69) is 25.8 Å². The summed E-state index contributed by atoms with van der Waals surface area (Å²) in [7, 11) is 0. The van der Waals surface area contributed by atoms with Crippen molar-refractivity contribution in [3.8, 4) is 17.0 Å². The third-order valence-electron chi connectivity index (χ3n) is 6.34. The Morgan fingerprint density at radius 3 is 2.78 bits per heavy atom. The maximum atomic E-state index is 13.3. The van der Waals surface area contributed by atoms with Crippen LogP contribution in [0.15, 0.2) is 42.7 Å². The van der Waals surface area contributed by atoms with Gasteiger partial charge < -0.3 is 15.7 Å². The van der Waals surface area contributed by atoms with Crippen molar-refractivity contribution in [2.45, 2.75) is 46.1 Å². The molecular weight excluding hydrogens is 474 g/mol. The Balaban J connectivity index is 1.39. The highest BCUT2D eigenvalue weighted by Gasteiger charge is 2.27. The summed E-state index contributed by atoms with van der Waals surface area (Å²) in [5, 5.41) is 24.0. The van der Waals surface area contributed by atoms with Gasteiger partial charge in [0.25, 0.3) is 11.8 Å². The SMILES string of the molecule is Cc1cc(C)c(O)c(-c2cc(C(=O)Nc3sc4c(c3C(=O)NCc3cccnc3)CCCC4)[nH]n2)c1. The van der Waals surface area contributed by atoms with E-state index in [1.165, 1.54) is 11.3 Å². The second-order valence-corrected chi connectivity index (χ2v) is 10.2. The number of anilines is 1. The Kier molecular flexibility index (Phi) is 6.56. The number of amides is 2. The average molecular weight is 502 g/mol. The van der Waals surface area contributed by atoms with Gasteiger partial charge in [-0.15, -0.1) is 11.3 Å². The molecule has 9 heteroatoms. The number of phenolic OH excluding ortho intramolecular Hbond substituents is 1. The van der Waals surface area contributed by atoms with Gasteiger partial charge in [-0.3, -0.25) is 19.7 Å². The van der Waals surface area contributed by atoms with Gasteiger partial charge >= 0.3 is 0 Å². The molecule has 0 saturated carbocycles. The van der Waals surface area contributed by atoms with Crippen molar-refractivity contribution < 1.29 is 14.7 Å². The van der Waals surface area contributed by atoms with E-state index >= 15 is 0 Å². The van der Waals surface area contributed by atoms with Gasteiger partial charge in [0, 0.05) is 29.4 Å². The fourth-order valence-corrected chi connectivity index (χ4v) is 5.85. The van der Waals surface area contributed by atoms with Gasteiger partial charge in [0.2, 0.25) is 0 Å². The van der Waals surface area contributed by atoms with Crippen molar-refractivity contribution >= 4 is 28.2 Å². The number of rotatable bonds is 6. The standard InChI is InChI=1S/C27H27N5O3S/c1-15-10-16(2)24(33)19(11-15)20-12-21(32-31-20)25(34)30-27-23(18-7-3-4-8-22(18)36-27)26(35)29-14-17-6-5-9-28-13-17/h5-6,9-13,33H,3-4,7-8,14H2,1-2H3,(H,29,35)(H,30,34)(H,31,32). The number of phenols is 1. The Labute approximate surface area is 212 Å². The van der Waals surface area contributed by atoms with Crippen molar-refractivity contribution in [1.82, 2.24) is 20.5 Å². The summed E-state index contributed by atoms with van der Waals surface area (Å²) in [6.45, 7) is 4.12. The number of thiophene rings is 1. The highest BCUT2D eigenvalue weighted by molar-refractivity contribution is 7.17. The van der Waals surface area contributed by atoms with Crippen LogP contribution in [0.3, 0.4) is 0 Å². The number of carbonyl (C=O) groups is 2. The lowest BCUT2D eigenvalue weighted by atomic mass is 9.95. The molecule has 0 radical (unpaired) electrons. The summed E-state index contributed by atoms with van der Waals surface area (Å²) in [5.74, 6) is -0.464. The van der Waals surface area contributed by atoms with Crippen LogP contribution in [0.4, 0.5) is 5.00 Å². The predicted molar refractivity (Wildman–Crippen MR) is 139 cm³/mol. The second kappa shape index (κ2) is 9.94. The van der Waals surface area contributed by atoms with E-state index in [0.717, 1.165) is 52.8 Å². The lowest BCUT2D eigenvalue weighted by molar-refractivity contribution is 0.0951. The summed E-state index contributed by atoms with van der Waals surface area (Å²) >= 11 is 1.47. The Morgan fingerprint density at radius 1 is 1.14 bits per heavy atom. The second-order valence-electron chi connectivity index (χ2n) is 9.06. The van der Waals surface area contributed by atoms with Crippen LogP contribution in [0.2, 0.25) is 0 Å². The van der Waals surface area contributed by atoms with Crippen molar-refractivity contribution in [1.29, 1.82) is 0 Å². The van der Waals surface area contributed by atoms with E-state index in [1.54, 1.807) is 18.5 Å². The zero-order chi connectivity index (χ0) is 25.2. The van der Waals surface area contributed by atoms with E-state index in [1.807, 2.05) is 38.1 Å². The average Bonchev–Trinajstić information content (AvgIpc) is 3.50. The number of hydrogen-bond donors (Lipinski definition) is 4. The molecule has 8 nitrogen and oxygen atoms in total. The summed E-state index contributed by atoms with van der Waals surface area (Å²) in [6, 6.07) is 9.06. The Morgan fingerprint density at radius 2 is 1.97 bits per heavy atom. The monoisotopic (exact) mass is 501 g/mol. The lowest BCUT2D eigenvalue weighted by Crippen LogP contribution is -2.25. The van der Waals surface area contributed by atoms with Crippen molar-refractivity contribution in [2.75, 3.05) is 5.32 Å². The first-order valence-electron chi connectivity index (χ1n) is 11.9. The summed E-state index contributed by atoms with van der Waals surface area (Å²) < 4.78 is 0. The third-order valence-corrected chi connectivity index (χ3v) is 7.55. The maximum Gasteiger partial charge on any atom is 0.274 e.